The van der Waals surface area contributed by atoms with Crippen LogP contribution in [0.4, 0.5) is 0 Å². The average molecular weight is 276 g/mol. The Hall–Kier alpha value is -2.50. The van der Waals surface area contributed by atoms with Crippen LogP contribution in [0.5, 0.6) is 11.5 Å². The highest BCUT2D eigenvalue weighted by atomic mass is 16.5. The molecular formula is C14H16N2O4. The highest BCUT2D eigenvalue weighted by Gasteiger charge is 2.17. The number of hydrogen-bond acceptors (Lipinski definition) is 5. The second-order valence-electron chi connectivity index (χ2n) is 4.10. The molecule has 0 unspecified atom stereocenters. The van der Waals surface area contributed by atoms with Crippen LogP contribution in [0.2, 0.25) is 0 Å². The van der Waals surface area contributed by atoms with Gasteiger partial charge in [0.05, 0.1) is 27.0 Å². The fourth-order valence-electron chi connectivity index (χ4n) is 1.94. The van der Waals surface area contributed by atoms with E-state index in [1.54, 1.807) is 44.1 Å². The van der Waals surface area contributed by atoms with Crippen LogP contribution in [0.15, 0.2) is 24.3 Å². The molecule has 1 aromatic heterocycles. The standard InChI is InChI=1S/C14H16N2O4/c1-16-12(8-11(15-16)14(17)20-4)10-7-9(18-2)5-6-13(10)19-3/h5-8H,1-4H3. The van der Waals surface area contributed by atoms with Crippen LogP contribution in [0, 0.1) is 0 Å². The molecule has 1 heterocycles. The van der Waals surface area contributed by atoms with Crippen LogP contribution in [0.3, 0.4) is 0 Å². The number of nitrogens with zero attached hydrogens (tertiary/aromatic N) is 2. The maximum Gasteiger partial charge on any atom is 0.358 e. The van der Waals surface area contributed by atoms with Crippen LogP contribution in [-0.4, -0.2) is 37.1 Å². The Balaban J connectivity index is 2.55. The highest BCUT2D eigenvalue weighted by Crippen LogP contribution is 2.33. The van der Waals surface area contributed by atoms with E-state index in [0.29, 0.717) is 11.5 Å². The zero-order chi connectivity index (χ0) is 14.7. The first-order valence-corrected chi connectivity index (χ1v) is 5.95. The molecule has 0 saturated carbocycles. The molecule has 0 fully saturated rings. The van der Waals surface area contributed by atoms with Gasteiger partial charge in [-0.2, -0.15) is 5.10 Å². The molecule has 6 heteroatoms. The van der Waals surface area contributed by atoms with E-state index < -0.39 is 5.97 Å². The normalized spacial score (nSPS) is 10.2. The summed E-state index contributed by atoms with van der Waals surface area (Å²) >= 11 is 0. The Kier molecular flexibility index (Phi) is 3.93. The molecule has 0 radical (unpaired) electrons. The molecule has 20 heavy (non-hydrogen) atoms. The molecule has 2 rings (SSSR count). The molecule has 0 aliphatic rings. The first kappa shape index (κ1) is 13.9. The van der Waals surface area contributed by atoms with Crippen molar-refractivity contribution in [2.45, 2.75) is 0 Å². The largest absolute Gasteiger partial charge is 0.497 e. The Morgan fingerprint density at radius 3 is 2.50 bits per heavy atom. The zero-order valence-electron chi connectivity index (χ0n) is 11.8. The molecule has 0 bridgehead atoms. The number of carbonyl (C=O) groups is 1. The molecule has 0 N–H and O–H groups in total. The third-order valence-corrected chi connectivity index (χ3v) is 2.96. The summed E-state index contributed by atoms with van der Waals surface area (Å²) < 4.78 is 16.8. The smallest absolute Gasteiger partial charge is 0.358 e. The quantitative estimate of drug-likeness (QED) is 0.798. The first-order valence-electron chi connectivity index (χ1n) is 5.95. The maximum absolute atomic E-state index is 11.5. The summed E-state index contributed by atoms with van der Waals surface area (Å²) in [7, 11) is 6.25. The predicted molar refractivity (Wildman–Crippen MR) is 73.1 cm³/mol. The van der Waals surface area contributed by atoms with E-state index in [-0.39, 0.29) is 5.69 Å². The highest BCUT2D eigenvalue weighted by molar-refractivity contribution is 5.89. The minimum Gasteiger partial charge on any atom is -0.497 e. The Labute approximate surface area is 116 Å². The van der Waals surface area contributed by atoms with Gasteiger partial charge in [-0.05, 0) is 24.3 Å². The molecule has 6 nitrogen and oxygen atoms in total. The Morgan fingerprint density at radius 2 is 1.90 bits per heavy atom. The SMILES string of the molecule is COC(=O)c1cc(-c2cc(OC)ccc2OC)n(C)n1. The lowest BCUT2D eigenvalue weighted by Gasteiger charge is -2.10. The number of benzene rings is 1. The maximum atomic E-state index is 11.5. The van der Waals surface area contributed by atoms with Crippen molar-refractivity contribution in [1.82, 2.24) is 9.78 Å². The lowest BCUT2D eigenvalue weighted by molar-refractivity contribution is 0.0593. The predicted octanol–water partition coefficient (Wildman–Crippen LogP) is 1.89. The number of rotatable bonds is 4. The fraction of sp³-hybridized carbons (Fsp3) is 0.286. The van der Waals surface area contributed by atoms with E-state index >= 15 is 0 Å². The lowest BCUT2D eigenvalue weighted by Crippen LogP contribution is -2.03. The summed E-state index contributed by atoms with van der Waals surface area (Å²) in [5.74, 6) is 0.889. The third kappa shape index (κ3) is 2.45. The second-order valence-corrected chi connectivity index (χ2v) is 4.10. The van der Waals surface area contributed by atoms with Gasteiger partial charge in [-0.15, -0.1) is 0 Å². The topological polar surface area (TPSA) is 62.6 Å². The minimum absolute atomic E-state index is 0.245. The Bertz CT molecular complexity index is 634. The van der Waals surface area contributed by atoms with Crippen LogP contribution < -0.4 is 9.47 Å². The van der Waals surface area contributed by atoms with Crippen molar-refractivity contribution in [3.05, 3.63) is 30.0 Å². The summed E-state index contributed by atoms with van der Waals surface area (Å²) in [5, 5.41) is 4.13. The number of methoxy groups -OCH3 is 3. The number of ether oxygens (including phenoxy) is 3. The van der Waals surface area contributed by atoms with E-state index in [9.17, 15) is 4.79 Å². The fourth-order valence-corrected chi connectivity index (χ4v) is 1.94. The average Bonchev–Trinajstić information content (AvgIpc) is 2.87. The molecule has 0 aliphatic carbocycles. The van der Waals surface area contributed by atoms with Gasteiger partial charge in [0.1, 0.15) is 11.5 Å². The van der Waals surface area contributed by atoms with Crippen molar-refractivity contribution in [3.8, 4) is 22.8 Å². The van der Waals surface area contributed by atoms with Crippen LogP contribution in [-0.2, 0) is 11.8 Å². The molecule has 0 saturated heterocycles. The summed E-state index contributed by atoms with van der Waals surface area (Å²) in [6.45, 7) is 0. The number of aromatic nitrogens is 2. The van der Waals surface area contributed by atoms with Gasteiger partial charge in [-0.1, -0.05) is 0 Å². The lowest BCUT2D eigenvalue weighted by atomic mass is 10.1. The van der Waals surface area contributed by atoms with E-state index in [4.69, 9.17) is 9.47 Å². The molecular weight excluding hydrogens is 260 g/mol. The van der Waals surface area contributed by atoms with Gasteiger partial charge < -0.3 is 14.2 Å². The summed E-state index contributed by atoms with van der Waals surface area (Å²) in [6, 6.07) is 7.10. The minimum atomic E-state index is -0.478. The zero-order valence-corrected chi connectivity index (χ0v) is 11.8. The molecule has 2 aromatic rings. The summed E-state index contributed by atoms with van der Waals surface area (Å²) in [6.07, 6.45) is 0. The van der Waals surface area contributed by atoms with Gasteiger partial charge in [0.25, 0.3) is 0 Å². The molecule has 106 valence electrons. The first-order chi connectivity index (χ1) is 9.60. The van der Waals surface area contributed by atoms with Crippen molar-refractivity contribution in [2.24, 2.45) is 7.05 Å². The molecule has 0 aliphatic heterocycles. The van der Waals surface area contributed by atoms with Gasteiger partial charge in [0.2, 0.25) is 0 Å². The second kappa shape index (κ2) is 5.64. The van der Waals surface area contributed by atoms with E-state index in [1.807, 2.05) is 6.07 Å². The van der Waals surface area contributed by atoms with Gasteiger partial charge in [0.15, 0.2) is 5.69 Å². The van der Waals surface area contributed by atoms with E-state index in [0.717, 1.165) is 11.3 Å². The molecule has 1 aromatic carbocycles. The van der Waals surface area contributed by atoms with E-state index in [2.05, 4.69) is 9.84 Å². The van der Waals surface area contributed by atoms with E-state index in [1.165, 1.54) is 7.11 Å². The van der Waals surface area contributed by atoms with Crippen molar-refractivity contribution in [2.75, 3.05) is 21.3 Å². The summed E-state index contributed by atoms with van der Waals surface area (Å²) in [5.41, 5.74) is 1.77. The molecule has 0 amide bonds. The summed E-state index contributed by atoms with van der Waals surface area (Å²) in [4.78, 5) is 11.5. The van der Waals surface area contributed by atoms with Gasteiger partial charge in [-0.25, -0.2) is 4.79 Å². The van der Waals surface area contributed by atoms with Crippen LogP contribution in [0.1, 0.15) is 10.5 Å². The van der Waals surface area contributed by atoms with Crippen LogP contribution in [0.25, 0.3) is 11.3 Å². The third-order valence-electron chi connectivity index (χ3n) is 2.96. The van der Waals surface area contributed by atoms with Crippen LogP contribution >= 0.6 is 0 Å². The van der Waals surface area contributed by atoms with Crippen molar-refractivity contribution >= 4 is 5.97 Å². The van der Waals surface area contributed by atoms with Gasteiger partial charge in [-0.3, -0.25) is 4.68 Å². The number of carbonyl (C=O) groups excluding carboxylic acids is 1. The van der Waals surface area contributed by atoms with Gasteiger partial charge in [0, 0.05) is 12.6 Å². The molecule has 0 spiro atoms. The number of hydrogen-bond donors (Lipinski definition) is 0. The van der Waals surface area contributed by atoms with Gasteiger partial charge >= 0.3 is 5.97 Å². The number of aryl methyl sites for hydroxylation is 1. The van der Waals surface area contributed by atoms with Crippen molar-refractivity contribution in [1.29, 1.82) is 0 Å². The Morgan fingerprint density at radius 1 is 1.15 bits per heavy atom. The van der Waals surface area contributed by atoms with Crippen molar-refractivity contribution in [3.63, 3.8) is 0 Å². The van der Waals surface area contributed by atoms with Crippen molar-refractivity contribution < 1.29 is 19.0 Å². The monoisotopic (exact) mass is 276 g/mol. The number of esters is 1. The molecule has 0 atom stereocenters.